The number of hydrogen-bond acceptors (Lipinski definition) is 4. The van der Waals surface area contributed by atoms with E-state index in [-0.39, 0.29) is 12.4 Å². The molecule has 0 aliphatic carbocycles. The Morgan fingerprint density at radius 3 is 2.86 bits per heavy atom. The smallest absolute Gasteiger partial charge is 0.143 e. The third-order valence-corrected chi connectivity index (χ3v) is 3.94. The fourth-order valence-corrected chi connectivity index (χ4v) is 3.05. The molecule has 3 rings (SSSR count). The average molecular weight is 302 g/mol. The van der Waals surface area contributed by atoms with Crippen molar-refractivity contribution in [3.8, 4) is 0 Å². The molecule has 2 heterocycles. The predicted molar refractivity (Wildman–Crippen MR) is 84.3 cm³/mol. The number of halogens is 1. The molecule has 0 saturated carbocycles. The van der Waals surface area contributed by atoms with Crippen LogP contribution in [0.1, 0.15) is 16.8 Å². The van der Waals surface area contributed by atoms with Crippen LogP contribution in [0.3, 0.4) is 0 Å². The maximum atomic E-state index is 14.4. The Morgan fingerprint density at radius 1 is 1.36 bits per heavy atom. The Hall–Kier alpha value is -2.34. The Labute approximate surface area is 128 Å². The van der Waals surface area contributed by atoms with Gasteiger partial charge in [-0.05, 0) is 36.8 Å². The summed E-state index contributed by atoms with van der Waals surface area (Å²) in [4.78, 5) is 4.58. The fourth-order valence-electron chi connectivity index (χ4n) is 3.05. The number of fused-ring (bicyclic) bond motifs is 1. The lowest BCUT2D eigenvalue weighted by molar-refractivity contribution is 0.118. The topological polar surface area (TPSA) is 78.6 Å². The van der Waals surface area contributed by atoms with E-state index in [4.69, 9.17) is 16.2 Å². The van der Waals surface area contributed by atoms with Crippen LogP contribution < -0.4 is 11.5 Å². The van der Waals surface area contributed by atoms with Gasteiger partial charge in [-0.25, -0.2) is 4.39 Å². The number of benzene rings is 1. The zero-order valence-corrected chi connectivity index (χ0v) is 12.6. The first kappa shape index (κ1) is 14.6. The minimum absolute atomic E-state index is 0.213. The Kier molecular flexibility index (Phi) is 3.41. The van der Waals surface area contributed by atoms with Gasteiger partial charge in [-0.1, -0.05) is 0 Å². The lowest BCUT2D eigenvalue weighted by Crippen LogP contribution is -2.42. The highest BCUT2D eigenvalue weighted by Gasteiger charge is 2.39. The van der Waals surface area contributed by atoms with Gasteiger partial charge in [-0.15, -0.1) is 0 Å². The molecule has 5 nitrogen and oxygen atoms in total. The largest absolute Gasteiger partial charge is 0.399 e. The number of nitrogens with two attached hydrogens (primary N) is 2. The summed E-state index contributed by atoms with van der Waals surface area (Å²) in [6.07, 6.45) is 1.98. The number of aryl methyl sites for hydroxylation is 1. The van der Waals surface area contributed by atoms with E-state index in [1.165, 1.54) is 12.1 Å². The number of nitrogen functional groups attached to an aromatic ring is 1. The minimum Gasteiger partial charge on any atom is -0.399 e. The number of anilines is 1. The lowest BCUT2D eigenvalue weighted by Gasteiger charge is -2.35. The van der Waals surface area contributed by atoms with Gasteiger partial charge in [-0.2, -0.15) is 0 Å². The molecule has 0 spiro atoms. The highest BCUT2D eigenvalue weighted by atomic mass is 19.1. The Morgan fingerprint density at radius 2 is 2.14 bits per heavy atom. The maximum Gasteiger partial charge on any atom is 0.143 e. The molecular formula is C16H19FN4O. The van der Waals surface area contributed by atoms with Crippen molar-refractivity contribution in [1.82, 2.24) is 4.57 Å². The van der Waals surface area contributed by atoms with Gasteiger partial charge in [0.2, 0.25) is 0 Å². The first-order chi connectivity index (χ1) is 10.4. The third kappa shape index (κ3) is 2.25. The summed E-state index contributed by atoms with van der Waals surface area (Å²) in [6.45, 7) is 2.65. The van der Waals surface area contributed by atoms with Gasteiger partial charge in [0, 0.05) is 24.6 Å². The van der Waals surface area contributed by atoms with E-state index in [9.17, 15) is 4.39 Å². The minimum atomic E-state index is -0.920. The summed E-state index contributed by atoms with van der Waals surface area (Å²) in [6, 6.07) is 6.45. The number of ether oxygens (including phenoxy) is 1. The van der Waals surface area contributed by atoms with E-state index in [1.54, 1.807) is 13.2 Å². The molecule has 6 heteroatoms. The van der Waals surface area contributed by atoms with E-state index in [0.29, 0.717) is 23.6 Å². The van der Waals surface area contributed by atoms with Crippen LogP contribution in [0.25, 0.3) is 0 Å². The summed E-state index contributed by atoms with van der Waals surface area (Å²) in [5.74, 6) is 0.00773. The van der Waals surface area contributed by atoms with Crippen LogP contribution in [0.2, 0.25) is 0 Å². The zero-order chi connectivity index (χ0) is 15.9. The second-order valence-electron chi connectivity index (χ2n) is 5.73. The van der Waals surface area contributed by atoms with E-state index in [1.807, 2.05) is 23.8 Å². The van der Waals surface area contributed by atoms with Gasteiger partial charge in [-0.3, -0.25) is 4.99 Å². The number of aromatic nitrogens is 1. The quantitative estimate of drug-likeness (QED) is 0.848. The lowest BCUT2D eigenvalue weighted by atomic mass is 9.88. The highest BCUT2D eigenvalue weighted by molar-refractivity contribution is 5.97. The van der Waals surface area contributed by atoms with Gasteiger partial charge in [0.1, 0.15) is 17.2 Å². The van der Waals surface area contributed by atoms with Crippen LogP contribution in [0.5, 0.6) is 0 Å². The Balaban J connectivity index is 2.18. The van der Waals surface area contributed by atoms with Crippen molar-refractivity contribution in [1.29, 1.82) is 0 Å². The standard InChI is InChI=1S/C16H19FN4O/c1-10-5-14-15(19)20-16(9-22-2,8-21(14)7-10)12-6-11(18)3-4-13(12)17/h3-7H,8-9,18H2,1-2H3,(H2,19,20). The molecule has 1 aliphatic rings. The summed E-state index contributed by atoms with van der Waals surface area (Å²) < 4.78 is 21.7. The second kappa shape index (κ2) is 5.14. The molecule has 0 fully saturated rings. The van der Waals surface area contributed by atoms with E-state index in [2.05, 4.69) is 4.99 Å². The first-order valence-electron chi connectivity index (χ1n) is 7.02. The molecule has 2 aromatic rings. The van der Waals surface area contributed by atoms with Crippen molar-refractivity contribution in [3.05, 3.63) is 53.1 Å². The summed E-state index contributed by atoms with van der Waals surface area (Å²) in [5.41, 5.74) is 13.8. The van der Waals surface area contributed by atoms with Crippen molar-refractivity contribution >= 4 is 11.5 Å². The third-order valence-electron chi connectivity index (χ3n) is 3.94. The second-order valence-corrected chi connectivity index (χ2v) is 5.73. The van der Waals surface area contributed by atoms with Crippen LogP contribution in [0.15, 0.2) is 35.5 Å². The number of amidine groups is 1. The molecule has 0 amide bonds. The van der Waals surface area contributed by atoms with Crippen LogP contribution in [0, 0.1) is 12.7 Å². The molecule has 1 atom stereocenters. The van der Waals surface area contributed by atoms with Crippen LogP contribution in [-0.2, 0) is 16.8 Å². The molecule has 0 saturated heterocycles. The molecule has 0 bridgehead atoms. The molecule has 1 unspecified atom stereocenters. The summed E-state index contributed by atoms with van der Waals surface area (Å²) >= 11 is 0. The maximum absolute atomic E-state index is 14.4. The van der Waals surface area contributed by atoms with Gasteiger partial charge in [0.15, 0.2) is 0 Å². The molecular weight excluding hydrogens is 283 g/mol. The Bertz CT molecular complexity index is 753. The van der Waals surface area contributed by atoms with Gasteiger partial charge in [0.25, 0.3) is 0 Å². The van der Waals surface area contributed by atoms with E-state index >= 15 is 0 Å². The van der Waals surface area contributed by atoms with Crippen molar-refractivity contribution < 1.29 is 9.13 Å². The van der Waals surface area contributed by atoms with Crippen LogP contribution >= 0.6 is 0 Å². The molecule has 22 heavy (non-hydrogen) atoms. The van der Waals surface area contributed by atoms with Gasteiger partial charge < -0.3 is 20.8 Å². The van der Waals surface area contributed by atoms with Crippen molar-refractivity contribution in [2.24, 2.45) is 10.7 Å². The summed E-state index contributed by atoms with van der Waals surface area (Å²) in [5, 5.41) is 0. The fraction of sp³-hybridized carbons (Fsp3) is 0.312. The van der Waals surface area contributed by atoms with Crippen molar-refractivity contribution in [2.45, 2.75) is 19.0 Å². The molecule has 116 valence electrons. The van der Waals surface area contributed by atoms with Crippen molar-refractivity contribution in [2.75, 3.05) is 19.5 Å². The number of hydrogen-bond donors (Lipinski definition) is 2. The summed E-state index contributed by atoms with van der Waals surface area (Å²) in [7, 11) is 1.56. The molecule has 4 N–H and O–H groups in total. The molecule has 1 aromatic carbocycles. The van der Waals surface area contributed by atoms with Gasteiger partial charge >= 0.3 is 0 Å². The number of methoxy groups -OCH3 is 1. The van der Waals surface area contributed by atoms with Crippen LogP contribution in [-0.4, -0.2) is 24.1 Å². The number of aliphatic imine (C=N–C) groups is 1. The predicted octanol–water partition coefficient (Wildman–Crippen LogP) is 1.78. The monoisotopic (exact) mass is 302 g/mol. The zero-order valence-electron chi connectivity index (χ0n) is 12.6. The average Bonchev–Trinajstić information content (AvgIpc) is 2.82. The SMILES string of the molecule is COCC1(c2cc(N)ccc2F)Cn2cc(C)cc2C(N)=N1. The van der Waals surface area contributed by atoms with Crippen LogP contribution in [0.4, 0.5) is 10.1 Å². The van der Waals surface area contributed by atoms with Crippen molar-refractivity contribution in [3.63, 3.8) is 0 Å². The molecule has 1 aliphatic heterocycles. The highest BCUT2D eigenvalue weighted by Crippen LogP contribution is 2.35. The van der Waals surface area contributed by atoms with E-state index < -0.39 is 5.54 Å². The van der Waals surface area contributed by atoms with E-state index in [0.717, 1.165) is 11.3 Å². The normalized spacial score (nSPS) is 20.6. The number of rotatable bonds is 3. The van der Waals surface area contributed by atoms with Gasteiger partial charge in [0.05, 0.1) is 18.8 Å². The molecule has 1 aromatic heterocycles. The molecule has 0 radical (unpaired) electrons. The number of nitrogens with zero attached hydrogens (tertiary/aromatic N) is 2. The first-order valence-corrected chi connectivity index (χ1v) is 7.02.